The van der Waals surface area contributed by atoms with E-state index < -0.39 is 30.7 Å². The molecular formula is C12H24O6S. The number of rotatable bonds is 8. The minimum absolute atomic E-state index is 0.158. The number of methoxy groups -OCH3 is 1. The van der Waals surface area contributed by atoms with Crippen molar-refractivity contribution in [3.05, 3.63) is 0 Å². The second kappa shape index (κ2) is 9.12. The average Bonchev–Trinajstić information content (AvgIpc) is 2.42. The molecule has 0 radical (unpaired) electrons. The van der Waals surface area contributed by atoms with Crippen LogP contribution in [0.25, 0.3) is 0 Å². The Bertz CT molecular complexity index is 240. The van der Waals surface area contributed by atoms with E-state index in [1.807, 2.05) is 0 Å². The van der Waals surface area contributed by atoms with Gasteiger partial charge >= 0.3 is 0 Å². The van der Waals surface area contributed by atoms with Crippen molar-refractivity contribution in [3.8, 4) is 0 Å². The summed E-state index contributed by atoms with van der Waals surface area (Å²) in [7, 11) is 1.37. The van der Waals surface area contributed by atoms with Crippen LogP contribution in [0, 0.1) is 0 Å². The van der Waals surface area contributed by atoms with Crippen molar-refractivity contribution in [1.29, 1.82) is 0 Å². The van der Waals surface area contributed by atoms with Crippen LogP contribution in [-0.4, -0.2) is 72.1 Å². The number of thiol groups is 1. The number of unbranched alkanes of at least 4 members (excludes halogenated alkanes) is 2. The highest BCUT2D eigenvalue weighted by molar-refractivity contribution is 7.80. The van der Waals surface area contributed by atoms with E-state index in [0.29, 0.717) is 6.61 Å². The maximum absolute atomic E-state index is 9.78. The molecule has 1 heterocycles. The van der Waals surface area contributed by atoms with Gasteiger partial charge in [-0.15, -0.1) is 0 Å². The number of hydrogen-bond acceptors (Lipinski definition) is 7. The summed E-state index contributed by atoms with van der Waals surface area (Å²) in [4.78, 5) is 0. The first-order valence-corrected chi connectivity index (χ1v) is 7.16. The van der Waals surface area contributed by atoms with Crippen LogP contribution in [0.4, 0.5) is 0 Å². The Hall–Kier alpha value is 0.110. The van der Waals surface area contributed by atoms with Crippen molar-refractivity contribution in [1.82, 2.24) is 0 Å². The Balaban J connectivity index is 2.28. The summed E-state index contributed by atoms with van der Waals surface area (Å²) < 4.78 is 15.7. The molecule has 0 spiro atoms. The van der Waals surface area contributed by atoms with Crippen molar-refractivity contribution < 1.29 is 29.5 Å². The summed E-state index contributed by atoms with van der Waals surface area (Å²) in [6.45, 7) is 0.725. The van der Waals surface area contributed by atoms with Crippen molar-refractivity contribution in [2.75, 3.05) is 26.1 Å². The van der Waals surface area contributed by atoms with E-state index in [2.05, 4.69) is 12.6 Å². The minimum Gasteiger partial charge on any atom is -0.387 e. The third kappa shape index (κ3) is 5.18. The Morgan fingerprint density at radius 1 is 1.05 bits per heavy atom. The standard InChI is InChI=1S/C12H24O6S/c1-16-12-11(15)10(14)9(13)8(18-12)7-17-5-3-2-4-6-19/h8-15,19H,2-7H2,1H3. The molecule has 1 aliphatic rings. The van der Waals surface area contributed by atoms with E-state index in [9.17, 15) is 15.3 Å². The van der Waals surface area contributed by atoms with Gasteiger partial charge in [0.25, 0.3) is 0 Å². The summed E-state index contributed by atoms with van der Waals surface area (Å²) >= 11 is 4.12. The molecule has 1 aliphatic heterocycles. The zero-order chi connectivity index (χ0) is 14.3. The van der Waals surface area contributed by atoms with Gasteiger partial charge < -0.3 is 29.5 Å². The molecule has 5 atom stereocenters. The predicted octanol–water partition coefficient (Wildman–Crippen LogP) is -0.443. The first-order valence-electron chi connectivity index (χ1n) is 6.53. The molecule has 1 rings (SSSR count). The fourth-order valence-electron chi connectivity index (χ4n) is 1.94. The van der Waals surface area contributed by atoms with E-state index in [1.165, 1.54) is 7.11 Å². The number of hydrogen-bond donors (Lipinski definition) is 4. The van der Waals surface area contributed by atoms with E-state index >= 15 is 0 Å². The maximum atomic E-state index is 9.78. The van der Waals surface area contributed by atoms with Crippen LogP contribution in [0.2, 0.25) is 0 Å². The maximum Gasteiger partial charge on any atom is 0.186 e. The van der Waals surface area contributed by atoms with Gasteiger partial charge in [-0.3, -0.25) is 0 Å². The van der Waals surface area contributed by atoms with E-state index in [4.69, 9.17) is 14.2 Å². The highest BCUT2D eigenvalue weighted by Crippen LogP contribution is 2.21. The van der Waals surface area contributed by atoms with Gasteiger partial charge in [0, 0.05) is 13.7 Å². The monoisotopic (exact) mass is 296 g/mol. The van der Waals surface area contributed by atoms with Gasteiger partial charge in [-0.05, 0) is 18.6 Å². The van der Waals surface area contributed by atoms with Crippen LogP contribution in [-0.2, 0) is 14.2 Å². The van der Waals surface area contributed by atoms with Gasteiger partial charge in [0.1, 0.15) is 24.4 Å². The van der Waals surface area contributed by atoms with Crippen LogP contribution in [0.15, 0.2) is 0 Å². The van der Waals surface area contributed by atoms with Gasteiger partial charge in [0.15, 0.2) is 6.29 Å². The Kier molecular flexibility index (Phi) is 8.24. The van der Waals surface area contributed by atoms with Gasteiger partial charge in [-0.1, -0.05) is 6.42 Å². The molecule has 6 nitrogen and oxygen atoms in total. The fourth-order valence-corrected chi connectivity index (χ4v) is 2.16. The Morgan fingerprint density at radius 3 is 2.42 bits per heavy atom. The Labute approximate surface area is 119 Å². The quantitative estimate of drug-likeness (QED) is 0.359. The number of aliphatic hydroxyl groups is 3. The van der Waals surface area contributed by atoms with Gasteiger partial charge in [-0.2, -0.15) is 12.6 Å². The minimum atomic E-state index is -1.29. The highest BCUT2D eigenvalue weighted by Gasteiger charge is 2.43. The molecule has 0 aromatic carbocycles. The first kappa shape index (κ1) is 17.2. The van der Waals surface area contributed by atoms with Crippen LogP contribution in [0.3, 0.4) is 0 Å². The zero-order valence-corrected chi connectivity index (χ0v) is 12.0. The second-order valence-electron chi connectivity index (χ2n) is 4.61. The largest absolute Gasteiger partial charge is 0.387 e. The molecule has 3 N–H and O–H groups in total. The lowest BCUT2D eigenvalue weighted by Gasteiger charge is -2.39. The molecule has 0 amide bonds. The van der Waals surface area contributed by atoms with E-state index in [-0.39, 0.29) is 6.61 Å². The second-order valence-corrected chi connectivity index (χ2v) is 5.06. The molecule has 19 heavy (non-hydrogen) atoms. The van der Waals surface area contributed by atoms with Crippen molar-refractivity contribution in [3.63, 3.8) is 0 Å². The molecule has 5 unspecified atom stereocenters. The molecule has 0 aliphatic carbocycles. The molecule has 7 heteroatoms. The van der Waals surface area contributed by atoms with E-state index in [1.54, 1.807) is 0 Å². The highest BCUT2D eigenvalue weighted by atomic mass is 32.1. The molecule has 0 saturated carbocycles. The summed E-state index contributed by atoms with van der Waals surface area (Å²) in [6.07, 6.45) is -2.38. The fraction of sp³-hybridized carbons (Fsp3) is 1.00. The van der Waals surface area contributed by atoms with Crippen molar-refractivity contribution >= 4 is 12.6 Å². The normalized spacial score (nSPS) is 35.5. The van der Waals surface area contributed by atoms with E-state index in [0.717, 1.165) is 25.0 Å². The molecule has 0 aromatic heterocycles. The lowest BCUT2D eigenvalue weighted by Crippen LogP contribution is -2.59. The molecule has 114 valence electrons. The molecule has 1 fully saturated rings. The predicted molar refractivity (Wildman–Crippen MR) is 72.2 cm³/mol. The first-order chi connectivity index (χ1) is 9.11. The van der Waals surface area contributed by atoms with Crippen LogP contribution >= 0.6 is 12.6 Å². The third-order valence-corrected chi connectivity index (χ3v) is 3.45. The summed E-state index contributed by atoms with van der Waals surface area (Å²) in [5.74, 6) is 0.865. The van der Waals surface area contributed by atoms with Crippen LogP contribution in [0.1, 0.15) is 19.3 Å². The Morgan fingerprint density at radius 2 is 1.79 bits per heavy atom. The van der Waals surface area contributed by atoms with Crippen LogP contribution < -0.4 is 0 Å². The summed E-state index contributed by atoms with van der Waals surface area (Å²) in [5.41, 5.74) is 0. The topological polar surface area (TPSA) is 88.4 Å². The lowest BCUT2D eigenvalue weighted by atomic mass is 9.99. The molecular weight excluding hydrogens is 272 g/mol. The van der Waals surface area contributed by atoms with Crippen molar-refractivity contribution in [2.45, 2.75) is 50.0 Å². The van der Waals surface area contributed by atoms with Gasteiger partial charge in [0.05, 0.1) is 6.61 Å². The summed E-state index contributed by atoms with van der Waals surface area (Å²) in [6, 6.07) is 0. The van der Waals surface area contributed by atoms with Gasteiger partial charge in [0.2, 0.25) is 0 Å². The lowest BCUT2D eigenvalue weighted by molar-refractivity contribution is -0.296. The van der Waals surface area contributed by atoms with Gasteiger partial charge in [-0.25, -0.2) is 0 Å². The molecule has 0 aromatic rings. The smallest absolute Gasteiger partial charge is 0.186 e. The molecule has 0 bridgehead atoms. The third-order valence-electron chi connectivity index (χ3n) is 3.13. The number of aliphatic hydroxyl groups excluding tert-OH is 3. The average molecular weight is 296 g/mol. The summed E-state index contributed by atoms with van der Waals surface area (Å²) in [5, 5.41) is 29.0. The zero-order valence-electron chi connectivity index (χ0n) is 11.1. The molecule has 1 saturated heterocycles. The van der Waals surface area contributed by atoms with Crippen LogP contribution in [0.5, 0.6) is 0 Å². The van der Waals surface area contributed by atoms with Crippen molar-refractivity contribution in [2.24, 2.45) is 0 Å². The number of ether oxygens (including phenoxy) is 3. The SMILES string of the molecule is COC1OC(COCCCCCS)C(O)C(O)C1O.